The lowest BCUT2D eigenvalue weighted by atomic mass is 10.3. The van der Waals surface area contributed by atoms with Gasteiger partial charge >= 0.3 is 0 Å². The van der Waals surface area contributed by atoms with Crippen LogP contribution in [0.2, 0.25) is 0 Å². The Morgan fingerprint density at radius 3 is 2.09 bits per heavy atom. The fourth-order valence-corrected chi connectivity index (χ4v) is 0.628. The zero-order valence-corrected chi connectivity index (χ0v) is 8.22. The number of hydrogen-bond acceptors (Lipinski definition) is 2. The molecule has 0 aromatic rings. The molecule has 0 radical (unpaired) electrons. The van der Waals surface area contributed by atoms with E-state index in [1.807, 2.05) is 20.8 Å². The van der Waals surface area contributed by atoms with Crippen LogP contribution in [0.1, 0.15) is 40.5 Å². The summed E-state index contributed by atoms with van der Waals surface area (Å²) in [4.78, 5) is 1.77. The summed E-state index contributed by atoms with van der Waals surface area (Å²) in [6.45, 7) is 9.89. The van der Waals surface area contributed by atoms with Gasteiger partial charge < -0.3 is 4.90 Å². The van der Waals surface area contributed by atoms with Gasteiger partial charge in [-0.2, -0.15) is 5.26 Å². The van der Waals surface area contributed by atoms with Gasteiger partial charge in [-0.05, 0) is 13.3 Å². The molecule has 0 N–H and O–H groups in total. The lowest BCUT2D eigenvalue weighted by Gasteiger charge is -2.10. The molecule has 0 unspecified atom stereocenters. The van der Waals surface area contributed by atoms with E-state index in [-0.39, 0.29) is 0 Å². The van der Waals surface area contributed by atoms with Gasteiger partial charge in [-0.1, -0.05) is 27.2 Å². The van der Waals surface area contributed by atoms with Gasteiger partial charge in [-0.3, -0.25) is 0 Å². The van der Waals surface area contributed by atoms with E-state index in [1.54, 1.807) is 4.90 Å². The van der Waals surface area contributed by atoms with Crippen molar-refractivity contribution in [1.29, 1.82) is 5.26 Å². The molecule has 0 saturated carbocycles. The van der Waals surface area contributed by atoms with Crippen LogP contribution in [0.3, 0.4) is 0 Å². The summed E-state index contributed by atoms with van der Waals surface area (Å²) in [5.41, 5.74) is 0. The largest absolute Gasteiger partial charge is 0.311 e. The van der Waals surface area contributed by atoms with Crippen LogP contribution in [0.25, 0.3) is 0 Å². The molecule has 0 rings (SSSR count). The summed E-state index contributed by atoms with van der Waals surface area (Å²) in [6, 6.07) is 0. The lowest BCUT2D eigenvalue weighted by Crippen LogP contribution is -2.17. The van der Waals surface area contributed by atoms with E-state index in [1.165, 1.54) is 0 Å². The molecule has 0 bridgehead atoms. The summed E-state index contributed by atoms with van der Waals surface area (Å²) in [5, 5.41) is 8.43. The quantitative estimate of drug-likeness (QED) is 0.462. The fraction of sp³-hybridized carbons (Fsp3) is 0.889. The maximum Gasteiger partial charge on any atom is 0.179 e. The van der Waals surface area contributed by atoms with Gasteiger partial charge in [0.05, 0.1) is 0 Å². The highest BCUT2D eigenvalue weighted by Crippen LogP contribution is 1.91. The highest BCUT2D eigenvalue weighted by molar-refractivity contribution is 4.70. The van der Waals surface area contributed by atoms with Gasteiger partial charge in [0.1, 0.15) is 0 Å². The van der Waals surface area contributed by atoms with Crippen LogP contribution in [0, 0.1) is 11.5 Å². The van der Waals surface area contributed by atoms with Crippen molar-refractivity contribution in [2.24, 2.45) is 0 Å². The van der Waals surface area contributed by atoms with Crippen molar-refractivity contribution in [3.8, 4) is 6.19 Å². The van der Waals surface area contributed by atoms with E-state index in [9.17, 15) is 0 Å². The second kappa shape index (κ2) is 12.0. The Balaban J connectivity index is 0. The highest BCUT2D eigenvalue weighted by Gasteiger charge is 1.93. The minimum Gasteiger partial charge on any atom is -0.311 e. The Hall–Kier alpha value is -0.710. The molecule has 2 heteroatoms. The normalized spacial score (nSPS) is 7.55. The van der Waals surface area contributed by atoms with Gasteiger partial charge in [0.2, 0.25) is 0 Å². The predicted octanol–water partition coefficient (Wildman–Crippen LogP) is 2.62. The molecule has 0 aromatic heterocycles. The first-order chi connectivity index (χ1) is 5.35. The van der Waals surface area contributed by atoms with Crippen LogP contribution in [0.15, 0.2) is 0 Å². The standard InChI is InChI=1S/C7H14N2.C2H6/c1-3-5-6-9(4-2)7-8;1-2/h3-6H2,1-2H3;1-2H3. The van der Waals surface area contributed by atoms with Crippen molar-refractivity contribution in [2.75, 3.05) is 13.1 Å². The molecule has 0 spiro atoms. The monoisotopic (exact) mass is 156 g/mol. The minimum atomic E-state index is 0.844. The Kier molecular flexibility index (Phi) is 14.1. The summed E-state index contributed by atoms with van der Waals surface area (Å²) in [7, 11) is 0. The number of hydrogen-bond donors (Lipinski definition) is 0. The molecule has 0 fully saturated rings. The van der Waals surface area contributed by atoms with Gasteiger partial charge in [-0.15, -0.1) is 0 Å². The lowest BCUT2D eigenvalue weighted by molar-refractivity contribution is 0.402. The van der Waals surface area contributed by atoms with E-state index >= 15 is 0 Å². The molecule has 0 aliphatic rings. The molecule has 11 heavy (non-hydrogen) atoms. The SMILES string of the molecule is CC.CCCCN(C#N)CC. The van der Waals surface area contributed by atoms with Crippen LogP contribution in [0.4, 0.5) is 0 Å². The molecule has 0 aromatic carbocycles. The second-order valence-electron chi connectivity index (χ2n) is 2.03. The molecule has 0 aliphatic carbocycles. The van der Waals surface area contributed by atoms with E-state index in [0.717, 1.165) is 25.9 Å². The maximum atomic E-state index is 8.43. The van der Waals surface area contributed by atoms with E-state index in [2.05, 4.69) is 13.1 Å². The Bertz CT molecular complexity index is 94.2. The Labute approximate surface area is 70.8 Å². The zero-order valence-electron chi connectivity index (χ0n) is 8.22. The van der Waals surface area contributed by atoms with Crippen molar-refractivity contribution < 1.29 is 0 Å². The van der Waals surface area contributed by atoms with Crippen molar-refractivity contribution in [3.63, 3.8) is 0 Å². The summed E-state index contributed by atoms with van der Waals surface area (Å²) in [6.07, 6.45) is 4.41. The van der Waals surface area contributed by atoms with Crippen LogP contribution < -0.4 is 0 Å². The Morgan fingerprint density at radius 1 is 1.27 bits per heavy atom. The summed E-state index contributed by atoms with van der Waals surface area (Å²) >= 11 is 0. The topological polar surface area (TPSA) is 27.0 Å². The number of unbranched alkanes of at least 4 members (excludes halogenated alkanes) is 1. The average molecular weight is 156 g/mol. The molecular formula is C9H20N2. The van der Waals surface area contributed by atoms with Crippen molar-refractivity contribution in [3.05, 3.63) is 0 Å². The molecule has 0 amide bonds. The van der Waals surface area contributed by atoms with Crippen molar-refractivity contribution in [1.82, 2.24) is 4.90 Å². The fourth-order valence-electron chi connectivity index (χ4n) is 0.628. The first-order valence-electron chi connectivity index (χ1n) is 4.49. The second-order valence-corrected chi connectivity index (χ2v) is 2.03. The molecule has 66 valence electrons. The highest BCUT2D eigenvalue weighted by atomic mass is 15.1. The van der Waals surface area contributed by atoms with Gasteiger partial charge in [0, 0.05) is 13.1 Å². The summed E-state index contributed by atoms with van der Waals surface area (Å²) < 4.78 is 0. The molecule has 0 saturated heterocycles. The third-order valence-corrected chi connectivity index (χ3v) is 1.30. The van der Waals surface area contributed by atoms with Crippen LogP contribution in [0.5, 0.6) is 0 Å². The average Bonchev–Trinajstić information content (AvgIpc) is 2.10. The zero-order chi connectivity index (χ0) is 9.11. The third kappa shape index (κ3) is 9.29. The smallest absolute Gasteiger partial charge is 0.179 e. The van der Waals surface area contributed by atoms with E-state index in [0.29, 0.717) is 0 Å². The van der Waals surface area contributed by atoms with Crippen molar-refractivity contribution in [2.45, 2.75) is 40.5 Å². The number of nitriles is 1. The third-order valence-electron chi connectivity index (χ3n) is 1.30. The molecule has 0 heterocycles. The summed E-state index contributed by atoms with van der Waals surface area (Å²) in [5.74, 6) is 0. The van der Waals surface area contributed by atoms with Gasteiger partial charge in [0.15, 0.2) is 6.19 Å². The molecule has 0 atom stereocenters. The van der Waals surface area contributed by atoms with Gasteiger partial charge in [0.25, 0.3) is 0 Å². The molecule has 0 aliphatic heterocycles. The number of nitrogens with zero attached hydrogens (tertiary/aromatic N) is 2. The van der Waals surface area contributed by atoms with Crippen LogP contribution >= 0.6 is 0 Å². The van der Waals surface area contributed by atoms with Gasteiger partial charge in [-0.25, -0.2) is 0 Å². The first kappa shape index (κ1) is 12.9. The first-order valence-corrected chi connectivity index (χ1v) is 4.49. The number of rotatable bonds is 4. The maximum absolute atomic E-state index is 8.43. The molecule has 2 nitrogen and oxygen atoms in total. The minimum absolute atomic E-state index is 0.844. The van der Waals surface area contributed by atoms with E-state index in [4.69, 9.17) is 5.26 Å². The van der Waals surface area contributed by atoms with Crippen LogP contribution in [-0.2, 0) is 0 Å². The Morgan fingerprint density at radius 2 is 1.82 bits per heavy atom. The molecular weight excluding hydrogens is 136 g/mol. The van der Waals surface area contributed by atoms with E-state index < -0.39 is 0 Å². The van der Waals surface area contributed by atoms with Crippen LogP contribution in [-0.4, -0.2) is 18.0 Å². The van der Waals surface area contributed by atoms with Crippen molar-refractivity contribution >= 4 is 0 Å². The predicted molar refractivity (Wildman–Crippen MR) is 49.1 cm³/mol.